The number of nitrogens with zero attached hydrogens (tertiary/aromatic N) is 2. The van der Waals surface area contributed by atoms with Gasteiger partial charge in [-0.05, 0) is 47.9 Å². The largest absolute Gasteiger partial charge is 0.478 e. The molecule has 3 aromatic rings. The predicted octanol–water partition coefficient (Wildman–Crippen LogP) is 3.93. The molecule has 5 rings (SSSR count). The van der Waals surface area contributed by atoms with Crippen LogP contribution in [0.2, 0.25) is 0 Å². The molecule has 196 valence electrons. The maximum absolute atomic E-state index is 13.2. The van der Waals surface area contributed by atoms with Gasteiger partial charge in [0.15, 0.2) is 5.43 Å². The highest BCUT2D eigenvalue weighted by molar-refractivity contribution is 6.46. The molecule has 0 saturated heterocycles. The number of aromatic carboxylic acids is 1. The lowest BCUT2D eigenvalue weighted by molar-refractivity contribution is 0.0697. The van der Waals surface area contributed by atoms with Gasteiger partial charge in [-0.1, -0.05) is 42.5 Å². The van der Waals surface area contributed by atoms with Crippen LogP contribution in [0.25, 0.3) is 33.4 Å². The third kappa shape index (κ3) is 5.17. The molecule has 3 aromatic carbocycles. The molecule has 0 spiro atoms. The molecule has 0 unspecified atom stereocenters. The van der Waals surface area contributed by atoms with Crippen molar-refractivity contribution in [1.82, 2.24) is 4.90 Å². The van der Waals surface area contributed by atoms with Crippen molar-refractivity contribution in [3.8, 4) is 22.5 Å². The van der Waals surface area contributed by atoms with E-state index in [4.69, 9.17) is 4.42 Å². The van der Waals surface area contributed by atoms with Crippen molar-refractivity contribution in [2.45, 2.75) is 13.1 Å². The van der Waals surface area contributed by atoms with Gasteiger partial charge < -0.3 is 19.4 Å². The lowest BCUT2D eigenvalue weighted by Crippen LogP contribution is -2.27. The minimum atomic E-state index is -1.03. The molecule has 0 amide bonds. The van der Waals surface area contributed by atoms with Crippen LogP contribution < -0.4 is 15.8 Å². The molecule has 0 radical (unpaired) electrons. The molecule has 1 aliphatic heterocycles. The number of anilines is 1. The molecule has 7 nitrogen and oxygen atoms in total. The number of carboxylic acids is 1. The van der Waals surface area contributed by atoms with Crippen molar-refractivity contribution in [3.63, 3.8) is 0 Å². The number of hydrogen-bond acceptors (Lipinski definition) is 6. The van der Waals surface area contributed by atoms with Crippen molar-refractivity contribution in [3.05, 3.63) is 106 Å². The zero-order valence-corrected chi connectivity index (χ0v) is 22.1. The van der Waals surface area contributed by atoms with Crippen LogP contribution in [0.4, 0.5) is 5.69 Å². The molecule has 0 saturated carbocycles. The summed E-state index contributed by atoms with van der Waals surface area (Å²) in [4.78, 5) is 29.4. The van der Waals surface area contributed by atoms with E-state index in [1.165, 1.54) is 6.07 Å². The van der Waals surface area contributed by atoms with Crippen LogP contribution >= 0.6 is 0 Å². The van der Waals surface area contributed by atoms with Gasteiger partial charge in [0.05, 0.1) is 5.56 Å². The van der Waals surface area contributed by atoms with Gasteiger partial charge in [0, 0.05) is 67.1 Å². The molecule has 0 atom stereocenters. The first kappa shape index (κ1) is 26.2. The Kier molecular flexibility index (Phi) is 7.24. The van der Waals surface area contributed by atoms with E-state index in [1.54, 1.807) is 18.2 Å². The minimum absolute atomic E-state index is 0.0523. The van der Waals surface area contributed by atoms with Crippen molar-refractivity contribution in [2.75, 3.05) is 26.0 Å². The van der Waals surface area contributed by atoms with E-state index >= 15 is 0 Å². The van der Waals surface area contributed by atoms with Crippen molar-refractivity contribution in [2.24, 2.45) is 0 Å². The van der Waals surface area contributed by atoms with Gasteiger partial charge in [0.1, 0.15) is 11.3 Å². The second-order valence-electron chi connectivity index (χ2n) is 9.96. The number of benzene rings is 4. The second-order valence-corrected chi connectivity index (χ2v) is 9.96. The summed E-state index contributed by atoms with van der Waals surface area (Å²) in [6.45, 7) is 0.921. The Morgan fingerprint density at radius 2 is 1.59 bits per heavy atom. The summed E-state index contributed by atoms with van der Waals surface area (Å²) in [6, 6.07) is 23.7. The fraction of sp³-hybridized carbons (Fsp3) is 0.161. The Hall–Kier alpha value is -4.40. The number of carbonyl (C=O) groups is 1. The quantitative estimate of drug-likeness (QED) is 0.237. The maximum Gasteiger partial charge on any atom is 0.336 e. The summed E-state index contributed by atoms with van der Waals surface area (Å²) in [5.41, 5.74) is 5.85. The van der Waals surface area contributed by atoms with Gasteiger partial charge in [-0.2, -0.15) is 0 Å². The summed E-state index contributed by atoms with van der Waals surface area (Å²) in [5.74, 6) is -0.629. The van der Waals surface area contributed by atoms with Crippen molar-refractivity contribution < 1.29 is 19.3 Å². The molecule has 39 heavy (non-hydrogen) atoms. The normalized spacial score (nSPS) is 11.3. The fourth-order valence-electron chi connectivity index (χ4n) is 5.03. The van der Waals surface area contributed by atoms with Gasteiger partial charge >= 0.3 is 13.5 Å². The Morgan fingerprint density at radius 3 is 2.33 bits per heavy atom. The third-order valence-corrected chi connectivity index (χ3v) is 7.00. The highest BCUT2D eigenvalue weighted by Crippen LogP contribution is 2.42. The van der Waals surface area contributed by atoms with Crippen LogP contribution in [0.3, 0.4) is 0 Å². The summed E-state index contributed by atoms with van der Waals surface area (Å²) >= 11 is 0. The highest BCUT2D eigenvalue weighted by Gasteiger charge is 2.23. The van der Waals surface area contributed by atoms with E-state index in [0.717, 1.165) is 22.1 Å². The molecule has 0 aromatic heterocycles. The molecule has 1 heterocycles. The topological polar surface area (TPSA) is 94.2 Å². The molecule has 0 bridgehead atoms. The predicted molar refractivity (Wildman–Crippen MR) is 156 cm³/mol. The van der Waals surface area contributed by atoms with E-state index in [0.29, 0.717) is 46.7 Å². The zero-order chi connectivity index (χ0) is 27.7. The molecule has 8 heteroatoms. The molecular formula is C31H29BN2O5. The average Bonchev–Trinajstić information content (AvgIpc) is 2.92. The summed E-state index contributed by atoms with van der Waals surface area (Å²) in [7, 11) is 5.73. The maximum atomic E-state index is 13.2. The van der Waals surface area contributed by atoms with Gasteiger partial charge in [-0.15, -0.1) is 0 Å². The number of rotatable bonds is 8. The van der Waals surface area contributed by atoms with Crippen LogP contribution in [0.15, 0.2) is 88.1 Å². The number of fused-ring (bicyclic) bond motifs is 2. The van der Waals surface area contributed by atoms with Gasteiger partial charge in [-0.25, -0.2) is 4.79 Å². The second kappa shape index (κ2) is 10.8. The van der Waals surface area contributed by atoms with Crippen molar-refractivity contribution in [1.29, 1.82) is 0 Å². The van der Waals surface area contributed by atoms with Gasteiger partial charge in [-0.3, -0.25) is 9.69 Å². The van der Waals surface area contributed by atoms with Gasteiger partial charge in [0.25, 0.3) is 0 Å². The highest BCUT2D eigenvalue weighted by atomic mass is 16.4. The Balaban J connectivity index is 1.69. The SMILES string of the molecule is CN(Cc1ccccc1BO)Cc1cc2c(-c3ccccc3C(=O)O)c3ccc(N(C)C)cc3oc-2cc1=O. The lowest BCUT2D eigenvalue weighted by Gasteiger charge is -2.21. The molecule has 0 fully saturated rings. The molecule has 1 aliphatic carbocycles. The van der Waals surface area contributed by atoms with Gasteiger partial charge in [0.2, 0.25) is 0 Å². The first-order valence-corrected chi connectivity index (χ1v) is 12.7. The van der Waals surface area contributed by atoms with Crippen LogP contribution in [0, 0.1) is 0 Å². The number of hydrogen-bond donors (Lipinski definition) is 2. The monoisotopic (exact) mass is 520 g/mol. The number of carboxylic acid groups (broad SMARTS) is 1. The molecule has 2 aliphatic rings. The lowest BCUT2D eigenvalue weighted by atomic mass is 9.84. The third-order valence-electron chi connectivity index (χ3n) is 7.00. The van der Waals surface area contributed by atoms with E-state index in [9.17, 15) is 19.7 Å². The van der Waals surface area contributed by atoms with Crippen LogP contribution in [0.5, 0.6) is 0 Å². The summed E-state index contributed by atoms with van der Waals surface area (Å²) < 4.78 is 6.25. The van der Waals surface area contributed by atoms with E-state index in [1.807, 2.05) is 85.5 Å². The summed E-state index contributed by atoms with van der Waals surface area (Å²) in [6.07, 6.45) is 0. The summed E-state index contributed by atoms with van der Waals surface area (Å²) in [5, 5.41) is 20.4. The smallest absolute Gasteiger partial charge is 0.336 e. The van der Waals surface area contributed by atoms with Crippen LogP contribution in [-0.2, 0) is 13.1 Å². The minimum Gasteiger partial charge on any atom is -0.478 e. The van der Waals surface area contributed by atoms with E-state index in [-0.39, 0.29) is 18.5 Å². The van der Waals surface area contributed by atoms with Crippen LogP contribution in [0.1, 0.15) is 21.5 Å². The van der Waals surface area contributed by atoms with Crippen molar-refractivity contribution >= 4 is 35.6 Å². The Labute approximate surface area is 227 Å². The molecular weight excluding hydrogens is 491 g/mol. The Bertz CT molecular complexity index is 1710. The first-order valence-electron chi connectivity index (χ1n) is 12.7. The van der Waals surface area contributed by atoms with E-state index in [2.05, 4.69) is 0 Å². The standard InChI is InChI=1S/C31H29BN2O5/c1-33(2)21-12-13-24-28(15-21)39-29-16-27(35)20(18-34(3)17-19-8-4-7-11-26(19)32-38)14-25(29)30(24)22-9-5-6-10-23(22)31(36)37/h4-16,32,38H,17-18H2,1-3H3,(H,36,37). The van der Waals surface area contributed by atoms with E-state index < -0.39 is 5.97 Å². The fourth-order valence-corrected chi connectivity index (χ4v) is 5.03. The molecule has 2 N–H and O–H groups in total. The van der Waals surface area contributed by atoms with Crippen LogP contribution in [-0.4, -0.2) is 49.6 Å². The Morgan fingerprint density at radius 1 is 0.872 bits per heavy atom. The zero-order valence-electron chi connectivity index (χ0n) is 22.1. The first-order chi connectivity index (χ1) is 18.8. The average molecular weight is 520 g/mol.